The SMILES string of the molecule is N#Cc1ccc(OC[C@H](O)CN2CCC[C@H](C(F)(F)F)C2)cc1. The molecule has 7 heteroatoms. The molecule has 0 spiro atoms. The molecule has 0 saturated carbocycles. The fourth-order valence-electron chi connectivity index (χ4n) is 2.66. The van der Waals surface area contributed by atoms with E-state index in [-0.39, 0.29) is 26.1 Å². The maximum Gasteiger partial charge on any atom is 0.393 e. The van der Waals surface area contributed by atoms with Gasteiger partial charge in [-0.2, -0.15) is 18.4 Å². The second-order valence-electron chi connectivity index (χ2n) is 5.74. The van der Waals surface area contributed by atoms with Gasteiger partial charge in [-0.15, -0.1) is 0 Å². The van der Waals surface area contributed by atoms with Gasteiger partial charge in [0.05, 0.1) is 17.6 Å². The summed E-state index contributed by atoms with van der Waals surface area (Å²) >= 11 is 0. The Hall–Kier alpha value is -1.78. The van der Waals surface area contributed by atoms with Gasteiger partial charge >= 0.3 is 6.18 Å². The van der Waals surface area contributed by atoms with E-state index in [2.05, 4.69) is 0 Å². The number of alkyl halides is 3. The maximum absolute atomic E-state index is 12.7. The molecule has 0 aliphatic carbocycles. The fourth-order valence-corrected chi connectivity index (χ4v) is 2.66. The quantitative estimate of drug-likeness (QED) is 0.903. The van der Waals surface area contributed by atoms with Crippen molar-refractivity contribution in [2.24, 2.45) is 5.92 Å². The summed E-state index contributed by atoms with van der Waals surface area (Å²) in [5.41, 5.74) is 0.504. The van der Waals surface area contributed by atoms with E-state index in [1.54, 1.807) is 29.2 Å². The molecule has 0 aromatic heterocycles. The maximum atomic E-state index is 12.7. The Morgan fingerprint density at radius 2 is 2.04 bits per heavy atom. The van der Waals surface area contributed by atoms with Crippen molar-refractivity contribution in [1.82, 2.24) is 4.90 Å². The zero-order valence-electron chi connectivity index (χ0n) is 12.6. The van der Waals surface area contributed by atoms with E-state index in [0.717, 1.165) is 0 Å². The number of likely N-dealkylation sites (tertiary alicyclic amines) is 1. The van der Waals surface area contributed by atoms with Crippen molar-refractivity contribution in [2.75, 3.05) is 26.2 Å². The molecule has 1 saturated heterocycles. The van der Waals surface area contributed by atoms with Crippen molar-refractivity contribution in [3.05, 3.63) is 29.8 Å². The first-order chi connectivity index (χ1) is 10.9. The standard InChI is InChI=1S/C16H19F3N2O2/c17-16(18,19)13-2-1-7-21(9-13)10-14(22)11-23-15-5-3-12(8-20)4-6-15/h3-6,13-14,22H,1-2,7,9-11H2/t13-,14+/m0/s1. The van der Waals surface area contributed by atoms with Gasteiger partial charge in [-0.05, 0) is 43.7 Å². The van der Waals surface area contributed by atoms with Crippen LogP contribution in [0.25, 0.3) is 0 Å². The number of aliphatic hydroxyl groups excluding tert-OH is 1. The number of piperidine rings is 1. The normalized spacial score (nSPS) is 20.7. The van der Waals surface area contributed by atoms with Gasteiger partial charge < -0.3 is 14.7 Å². The molecule has 2 rings (SSSR count). The number of hydrogen-bond acceptors (Lipinski definition) is 4. The van der Waals surface area contributed by atoms with Gasteiger partial charge in [-0.1, -0.05) is 0 Å². The molecule has 1 aromatic carbocycles. The summed E-state index contributed by atoms with van der Waals surface area (Å²) in [7, 11) is 0. The van der Waals surface area contributed by atoms with Crippen LogP contribution in [0.1, 0.15) is 18.4 Å². The van der Waals surface area contributed by atoms with Gasteiger partial charge in [0.25, 0.3) is 0 Å². The second-order valence-corrected chi connectivity index (χ2v) is 5.74. The molecule has 1 fully saturated rings. The highest BCUT2D eigenvalue weighted by molar-refractivity contribution is 5.34. The first-order valence-electron chi connectivity index (χ1n) is 7.48. The van der Waals surface area contributed by atoms with E-state index in [1.165, 1.54) is 0 Å². The number of aliphatic hydroxyl groups is 1. The van der Waals surface area contributed by atoms with Crippen LogP contribution in [0.15, 0.2) is 24.3 Å². The number of hydrogen-bond donors (Lipinski definition) is 1. The van der Waals surface area contributed by atoms with E-state index in [4.69, 9.17) is 10.00 Å². The summed E-state index contributed by atoms with van der Waals surface area (Å²) in [6.07, 6.45) is -4.41. The Labute approximate surface area is 133 Å². The summed E-state index contributed by atoms with van der Waals surface area (Å²) in [6.45, 7) is 0.639. The third kappa shape index (κ3) is 5.41. The number of β-amino-alcohol motifs (C(OH)–C–C–N with tert-alkyl or cyclic N) is 1. The predicted octanol–water partition coefficient (Wildman–Crippen LogP) is 2.57. The van der Waals surface area contributed by atoms with Crippen molar-refractivity contribution in [2.45, 2.75) is 25.1 Å². The largest absolute Gasteiger partial charge is 0.491 e. The van der Waals surface area contributed by atoms with Crippen LogP contribution in [0.4, 0.5) is 13.2 Å². The van der Waals surface area contributed by atoms with E-state index < -0.39 is 18.2 Å². The molecule has 1 N–H and O–H groups in total. The monoisotopic (exact) mass is 328 g/mol. The van der Waals surface area contributed by atoms with Crippen molar-refractivity contribution in [3.8, 4) is 11.8 Å². The van der Waals surface area contributed by atoms with Crippen LogP contribution in [0, 0.1) is 17.2 Å². The lowest BCUT2D eigenvalue weighted by molar-refractivity contribution is -0.187. The Balaban J connectivity index is 1.77. The number of nitrogens with zero attached hydrogens (tertiary/aromatic N) is 2. The lowest BCUT2D eigenvalue weighted by Gasteiger charge is -2.34. The van der Waals surface area contributed by atoms with Gasteiger partial charge in [-0.3, -0.25) is 0 Å². The molecule has 1 heterocycles. The van der Waals surface area contributed by atoms with Crippen molar-refractivity contribution >= 4 is 0 Å². The summed E-state index contributed by atoms with van der Waals surface area (Å²) < 4.78 is 43.6. The van der Waals surface area contributed by atoms with Gasteiger partial charge in [-0.25, -0.2) is 0 Å². The summed E-state index contributed by atoms with van der Waals surface area (Å²) in [5.74, 6) is -0.808. The summed E-state index contributed by atoms with van der Waals surface area (Å²) in [4.78, 5) is 1.63. The third-order valence-corrected chi connectivity index (χ3v) is 3.86. The molecule has 23 heavy (non-hydrogen) atoms. The minimum atomic E-state index is -4.18. The van der Waals surface area contributed by atoms with Crippen LogP contribution in [0.2, 0.25) is 0 Å². The zero-order valence-corrected chi connectivity index (χ0v) is 12.6. The topological polar surface area (TPSA) is 56.5 Å². The molecule has 2 atom stereocenters. The minimum absolute atomic E-state index is 0.000908. The van der Waals surface area contributed by atoms with E-state index in [1.807, 2.05) is 6.07 Å². The summed E-state index contributed by atoms with van der Waals surface area (Å²) in [6, 6.07) is 8.41. The molecule has 0 amide bonds. The molecule has 1 aromatic rings. The Bertz CT molecular complexity index is 540. The highest BCUT2D eigenvalue weighted by atomic mass is 19.4. The Morgan fingerprint density at radius 1 is 1.35 bits per heavy atom. The lowest BCUT2D eigenvalue weighted by atomic mass is 9.97. The number of nitriles is 1. The van der Waals surface area contributed by atoms with Crippen molar-refractivity contribution in [3.63, 3.8) is 0 Å². The molecule has 0 bridgehead atoms. The molecule has 0 radical (unpaired) electrons. The molecule has 1 aliphatic heterocycles. The third-order valence-electron chi connectivity index (χ3n) is 3.86. The first kappa shape index (κ1) is 17.6. The van der Waals surface area contributed by atoms with Crippen LogP contribution in [0.3, 0.4) is 0 Å². The van der Waals surface area contributed by atoms with E-state index in [0.29, 0.717) is 24.3 Å². The van der Waals surface area contributed by atoms with Gasteiger partial charge in [0.15, 0.2) is 0 Å². The smallest absolute Gasteiger partial charge is 0.393 e. The minimum Gasteiger partial charge on any atom is -0.491 e. The molecular weight excluding hydrogens is 309 g/mol. The van der Waals surface area contributed by atoms with Crippen LogP contribution in [-0.4, -0.2) is 48.5 Å². The van der Waals surface area contributed by atoms with Crippen LogP contribution < -0.4 is 4.74 Å². The fraction of sp³-hybridized carbons (Fsp3) is 0.562. The van der Waals surface area contributed by atoms with Gasteiger partial charge in [0.1, 0.15) is 18.5 Å². The molecular formula is C16H19F3N2O2. The number of ether oxygens (including phenoxy) is 1. The Kier molecular flexibility index (Phi) is 5.85. The molecule has 126 valence electrons. The highest BCUT2D eigenvalue weighted by Gasteiger charge is 2.41. The van der Waals surface area contributed by atoms with Crippen molar-refractivity contribution in [1.29, 1.82) is 5.26 Å². The first-order valence-corrected chi connectivity index (χ1v) is 7.48. The average molecular weight is 328 g/mol. The predicted molar refractivity (Wildman–Crippen MR) is 77.9 cm³/mol. The number of benzene rings is 1. The lowest BCUT2D eigenvalue weighted by Crippen LogP contribution is -2.45. The van der Waals surface area contributed by atoms with Crippen molar-refractivity contribution < 1.29 is 23.0 Å². The van der Waals surface area contributed by atoms with Crippen LogP contribution >= 0.6 is 0 Å². The Morgan fingerprint density at radius 3 is 2.65 bits per heavy atom. The van der Waals surface area contributed by atoms with Gasteiger partial charge in [0.2, 0.25) is 0 Å². The van der Waals surface area contributed by atoms with Crippen LogP contribution in [0.5, 0.6) is 5.75 Å². The zero-order chi connectivity index (χ0) is 16.9. The summed E-state index contributed by atoms with van der Waals surface area (Å²) in [5, 5.41) is 18.6. The number of halogens is 3. The second kappa shape index (κ2) is 7.66. The molecule has 4 nitrogen and oxygen atoms in total. The van der Waals surface area contributed by atoms with Crippen LogP contribution in [-0.2, 0) is 0 Å². The average Bonchev–Trinajstić information content (AvgIpc) is 2.53. The van der Waals surface area contributed by atoms with Gasteiger partial charge in [0, 0.05) is 13.1 Å². The highest BCUT2D eigenvalue weighted by Crippen LogP contribution is 2.33. The number of rotatable bonds is 5. The molecule has 0 unspecified atom stereocenters. The van der Waals surface area contributed by atoms with E-state index >= 15 is 0 Å². The molecule has 1 aliphatic rings. The van der Waals surface area contributed by atoms with E-state index in [9.17, 15) is 18.3 Å².